The fourth-order valence-corrected chi connectivity index (χ4v) is 2.85. The molecule has 1 aromatic carbocycles. The van der Waals surface area contributed by atoms with Crippen LogP contribution >= 0.6 is 24.0 Å². The van der Waals surface area contributed by atoms with Gasteiger partial charge in [0.25, 0.3) is 0 Å². The van der Waals surface area contributed by atoms with Gasteiger partial charge < -0.3 is 24.8 Å². The summed E-state index contributed by atoms with van der Waals surface area (Å²) in [5.74, 6) is 0.964. The Labute approximate surface area is 188 Å². The Morgan fingerprint density at radius 3 is 2.66 bits per heavy atom. The van der Waals surface area contributed by atoms with E-state index in [9.17, 15) is 8.78 Å². The summed E-state index contributed by atoms with van der Waals surface area (Å²) >= 11 is 0. The number of rotatable bonds is 10. The van der Waals surface area contributed by atoms with Crippen molar-refractivity contribution >= 4 is 29.9 Å². The smallest absolute Gasteiger partial charge is 0.387 e. The molecule has 2 N–H and O–H groups in total. The van der Waals surface area contributed by atoms with E-state index in [0.717, 1.165) is 57.9 Å². The summed E-state index contributed by atoms with van der Waals surface area (Å²) in [5, 5.41) is 6.49. The van der Waals surface area contributed by atoms with Crippen LogP contribution in [0.25, 0.3) is 0 Å². The number of ether oxygens (including phenoxy) is 3. The molecule has 0 aromatic heterocycles. The second-order valence-corrected chi connectivity index (χ2v) is 6.29. The zero-order chi connectivity index (χ0) is 20.2. The highest BCUT2D eigenvalue weighted by Gasteiger charge is 2.12. The lowest BCUT2D eigenvalue weighted by Crippen LogP contribution is -2.40. The Hall–Kier alpha value is -1.40. The highest BCUT2D eigenvalue weighted by atomic mass is 127. The van der Waals surface area contributed by atoms with E-state index >= 15 is 0 Å². The predicted octanol–water partition coefficient (Wildman–Crippen LogP) is 2.69. The molecule has 2 rings (SSSR count). The van der Waals surface area contributed by atoms with Crippen LogP contribution in [0.1, 0.15) is 18.9 Å². The Bertz CT molecular complexity index is 617. The van der Waals surface area contributed by atoms with Gasteiger partial charge in [0, 0.05) is 26.2 Å². The maximum Gasteiger partial charge on any atom is 0.387 e. The van der Waals surface area contributed by atoms with Gasteiger partial charge in [-0.3, -0.25) is 4.90 Å². The molecule has 1 heterocycles. The molecular weight excluding hydrogens is 497 g/mol. The maximum absolute atomic E-state index is 12.6. The van der Waals surface area contributed by atoms with E-state index in [1.807, 2.05) is 6.92 Å². The Kier molecular flexibility index (Phi) is 12.9. The van der Waals surface area contributed by atoms with Crippen molar-refractivity contribution in [3.8, 4) is 11.5 Å². The van der Waals surface area contributed by atoms with E-state index < -0.39 is 6.61 Å². The lowest BCUT2D eigenvalue weighted by atomic mass is 10.2. The molecule has 1 aliphatic rings. The number of hydrogen-bond donors (Lipinski definition) is 2. The van der Waals surface area contributed by atoms with Crippen LogP contribution in [0, 0.1) is 0 Å². The molecule has 0 radical (unpaired) electrons. The van der Waals surface area contributed by atoms with Crippen LogP contribution in [0.15, 0.2) is 23.2 Å². The second-order valence-electron chi connectivity index (χ2n) is 6.29. The molecule has 0 amide bonds. The molecule has 1 saturated heterocycles. The van der Waals surface area contributed by atoms with Crippen LogP contribution in [0.2, 0.25) is 0 Å². The largest absolute Gasteiger partial charge is 0.493 e. The fourth-order valence-electron chi connectivity index (χ4n) is 2.85. The summed E-state index contributed by atoms with van der Waals surface area (Å²) in [6, 6.07) is 4.91. The van der Waals surface area contributed by atoms with E-state index in [4.69, 9.17) is 9.47 Å². The Balaban J connectivity index is 0.00000420. The van der Waals surface area contributed by atoms with Gasteiger partial charge in [0.05, 0.1) is 26.9 Å². The molecule has 0 unspecified atom stereocenters. The minimum atomic E-state index is -2.90. The number of morpholine rings is 1. The lowest BCUT2D eigenvalue weighted by molar-refractivity contribution is -0.0512. The third-order valence-electron chi connectivity index (χ3n) is 4.26. The van der Waals surface area contributed by atoms with Crippen molar-refractivity contribution in [3.63, 3.8) is 0 Å². The van der Waals surface area contributed by atoms with Crippen LogP contribution in [-0.2, 0) is 11.3 Å². The number of benzene rings is 1. The summed E-state index contributed by atoms with van der Waals surface area (Å²) < 4.78 is 40.0. The first-order valence-electron chi connectivity index (χ1n) is 9.56. The molecule has 0 atom stereocenters. The first-order chi connectivity index (χ1) is 13.6. The molecule has 1 fully saturated rings. The number of halogens is 3. The summed E-state index contributed by atoms with van der Waals surface area (Å²) in [6.07, 6.45) is 0.999. The van der Waals surface area contributed by atoms with E-state index in [0.29, 0.717) is 12.5 Å². The van der Waals surface area contributed by atoms with E-state index in [2.05, 4.69) is 25.3 Å². The number of guanidine groups is 1. The molecule has 0 spiro atoms. The third-order valence-corrected chi connectivity index (χ3v) is 4.26. The molecule has 7 nitrogen and oxygen atoms in total. The van der Waals surface area contributed by atoms with Gasteiger partial charge in [-0.25, -0.2) is 4.99 Å². The number of nitrogens with one attached hydrogen (secondary N) is 2. The number of methoxy groups -OCH3 is 1. The fraction of sp³-hybridized carbons (Fsp3) is 0.632. The molecule has 10 heteroatoms. The van der Waals surface area contributed by atoms with Crippen molar-refractivity contribution in [2.24, 2.45) is 4.99 Å². The summed E-state index contributed by atoms with van der Waals surface area (Å²) in [7, 11) is 1.41. The van der Waals surface area contributed by atoms with Crippen molar-refractivity contribution in [1.82, 2.24) is 15.5 Å². The molecule has 0 aliphatic carbocycles. The molecule has 1 aromatic rings. The average Bonchev–Trinajstić information content (AvgIpc) is 2.69. The van der Waals surface area contributed by atoms with Gasteiger partial charge >= 0.3 is 6.61 Å². The maximum atomic E-state index is 12.6. The summed E-state index contributed by atoms with van der Waals surface area (Å²) in [5.41, 5.74) is 0.752. The van der Waals surface area contributed by atoms with Crippen LogP contribution in [0.4, 0.5) is 8.78 Å². The highest BCUT2D eigenvalue weighted by molar-refractivity contribution is 14.0. The monoisotopic (exact) mass is 528 g/mol. The standard InChI is InChI=1S/C19H30F2N4O3.HI/c1-3-22-19(23-7-4-8-25-9-11-27-12-10-25)24-14-15-5-6-16(26-2)17(13-15)28-18(20)21;/h5-6,13,18H,3-4,7-12,14H2,1-2H3,(H2,22,23,24);1H. The third kappa shape index (κ3) is 9.77. The Morgan fingerprint density at radius 2 is 2.00 bits per heavy atom. The molecule has 1 aliphatic heterocycles. The van der Waals surface area contributed by atoms with Gasteiger partial charge in [0.1, 0.15) is 0 Å². The van der Waals surface area contributed by atoms with Crippen molar-refractivity contribution in [2.75, 3.05) is 53.0 Å². The number of alkyl halides is 2. The van der Waals surface area contributed by atoms with Gasteiger partial charge in [0.15, 0.2) is 17.5 Å². The predicted molar refractivity (Wildman–Crippen MR) is 120 cm³/mol. The SMILES string of the molecule is CCNC(=NCc1ccc(OC)c(OC(F)F)c1)NCCCN1CCOCC1.I. The van der Waals surface area contributed by atoms with Crippen LogP contribution in [0.3, 0.4) is 0 Å². The van der Waals surface area contributed by atoms with Gasteiger partial charge in [-0.1, -0.05) is 6.07 Å². The highest BCUT2D eigenvalue weighted by Crippen LogP contribution is 2.29. The van der Waals surface area contributed by atoms with Crippen LogP contribution in [-0.4, -0.2) is 70.5 Å². The summed E-state index contributed by atoms with van der Waals surface area (Å²) in [4.78, 5) is 6.91. The van der Waals surface area contributed by atoms with Crippen LogP contribution < -0.4 is 20.1 Å². The van der Waals surface area contributed by atoms with Crippen molar-refractivity contribution in [3.05, 3.63) is 23.8 Å². The van der Waals surface area contributed by atoms with Crippen molar-refractivity contribution in [1.29, 1.82) is 0 Å². The molecular formula is C19H31F2IN4O3. The first kappa shape index (κ1) is 25.6. The Morgan fingerprint density at radius 1 is 1.24 bits per heavy atom. The molecule has 166 valence electrons. The minimum absolute atomic E-state index is 0. The number of aliphatic imine (C=N–C) groups is 1. The van der Waals surface area contributed by atoms with E-state index in [1.165, 1.54) is 13.2 Å². The minimum Gasteiger partial charge on any atom is -0.493 e. The van der Waals surface area contributed by atoms with Crippen molar-refractivity contribution in [2.45, 2.75) is 26.5 Å². The topological polar surface area (TPSA) is 67.4 Å². The van der Waals surface area contributed by atoms with Gasteiger partial charge in [-0.2, -0.15) is 8.78 Å². The van der Waals surface area contributed by atoms with Gasteiger partial charge in [0.2, 0.25) is 0 Å². The normalized spacial score (nSPS) is 15.0. The van der Waals surface area contributed by atoms with Gasteiger partial charge in [-0.15, -0.1) is 24.0 Å². The number of nitrogens with zero attached hydrogens (tertiary/aromatic N) is 2. The number of hydrogen-bond acceptors (Lipinski definition) is 5. The molecule has 0 saturated carbocycles. The molecule has 29 heavy (non-hydrogen) atoms. The summed E-state index contributed by atoms with van der Waals surface area (Å²) in [6.45, 7) is 5.54. The van der Waals surface area contributed by atoms with E-state index in [-0.39, 0.29) is 35.5 Å². The second kappa shape index (κ2) is 14.6. The average molecular weight is 528 g/mol. The van der Waals surface area contributed by atoms with Crippen LogP contribution in [0.5, 0.6) is 11.5 Å². The molecule has 0 bridgehead atoms. The quantitative estimate of drug-likeness (QED) is 0.211. The zero-order valence-electron chi connectivity index (χ0n) is 17.0. The first-order valence-corrected chi connectivity index (χ1v) is 9.56. The van der Waals surface area contributed by atoms with Gasteiger partial charge in [-0.05, 0) is 37.6 Å². The lowest BCUT2D eigenvalue weighted by Gasteiger charge is -2.26. The van der Waals surface area contributed by atoms with E-state index in [1.54, 1.807) is 12.1 Å². The zero-order valence-corrected chi connectivity index (χ0v) is 19.3. The van der Waals surface area contributed by atoms with Crippen molar-refractivity contribution < 1.29 is 23.0 Å².